The van der Waals surface area contributed by atoms with Crippen molar-refractivity contribution in [1.82, 2.24) is 5.32 Å². The van der Waals surface area contributed by atoms with E-state index in [1.54, 1.807) is 18.4 Å². The molecule has 100 valence electrons. The van der Waals surface area contributed by atoms with Gasteiger partial charge in [0.1, 0.15) is 0 Å². The average molecular weight is 267 g/mol. The van der Waals surface area contributed by atoms with E-state index in [-0.39, 0.29) is 5.91 Å². The normalized spacial score (nSPS) is 18.4. The fourth-order valence-electron chi connectivity index (χ4n) is 2.38. The van der Waals surface area contributed by atoms with E-state index in [2.05, 4.69) is 12.2 Å². The van der Waals surface area contributed by atoms with Crippen LogP contribution in [-0.2, 0) is 17.6 Å². The zero-order valence-electron chi connectivity index (χ0n) is 11.1. The van der Waals surface area contributed by atoms with Crippen molar-refractivity contribution in [1.29, 1.82) is 0 Å². The fourth-order valence-corrected chi connectivity index (χ4v) is 3.63. The number of amides is 1. The van der Waals surface area contributed by atoms with Gasteiger partial charge in [-0.3, -0.25) is 4.79 Å². The third-order valence-corrected chi connectivity index (χ3v) is 4.51. The molecule has 1 aliphatic rings. The molecule has 0 aliphatic heterocycles. The molecule has 0 spiro atoms. The summed E-state index contributed by atoms with van der Waals surface area (Å²) in [5.41, 5.74) is 2.20. The Labute approximate surface area is 113 Å². The van der Waals surface area contributed by atoms with E-state index in [1.165, 1.54) is 16.9 Å². The Bertz CT molecular complexity index is 414. The summed E-state index contributed by atoms with van der Waals surface area (Å²) < 4.78 is 4.97. The van der Waals surface area contributed by atoms with Crippen LogP contribution in [0.4, 0.5) is 0 Å². The largest absolute Gasteiger partial charge is 0.385 e. The molecule has 0 fully saturated rings. The van der Waals surface area contributed by atoms with Gasteiger partial charge in [-0.1, -0.05) is 6.92 Å². The molecule has 0 bridgehead atoms. The molecule has 0 aromatic carbocycles. The molecule has 18 heavy (non-hydrogen) atoms. The van der Waals surface area contributed by atoms with E-state index in [0.717, 1.165) is 30.7 Å². The van der Waals surface area contributed by atoms with E-state index < -0.39 is 0 Å². The van der Waals surface area contributed by atoms with Crippen molar-refractivity contribution in [2.45, 2.75) is 32.6 Å². The molecule has 0 radical (unpaired) electrons. The van der Waals surface area contributed by atoms with Crippen molar-refractivity contribution in [3.63, 3.8) is 0 Å². The lowest BCUT2D eigenvalue weighted by atomic mass is 9.88. The minimum Gasteiger partial charge on any atom is -0.385 e. The van der Waals surface area contributed by atoms with Gasteiger partial charge in [0.05, 0.1) is 5.56 Å². The van der Waals surface area contributed by atoms with E-state index in [4.69, 9.17) is 4.74 Å². The molecule has 3 nitrogen and oxygen atoms in total. The third kappa shape index (κ3) is 3.12. The first-order valence-corrected chi connectivity index (χ1v) is 7.46. The molecule has 2 rings (SSSR count). The lowest BCUT2D eigenvalue weighted by Crippen LogP contribution is -2.26. The van der Waals surface area contributed by atoms with Gasteiger partial charge in [0.25, 0.3) is 5.91 Å². The average Bonchev–Trinajstić information content (AvgIpc) is 2.77. The van der Waals surface area contributed by atoms with Crippen LogP contribution in [0.5, 0.6) is 0 Å². The lowest BCUT2D eigenvalue weighted by molar-refractivity contribution is 0.0948. The Morgan fingerprint density at radius 2 is 2.44 bits per heavy atom. The number of methoxy groups -OCH3 is 1. The number of thiophene rings is 1. The zero-order valence-corrected chi connectivity index (χ0v) is 11.9. The number of hydrogen-bond donors (Lipinski definition) is 1. The smallest absolute Gasteiger partial charge is 0.252 e. The van der Waals surface area contributed by atoms with Crippen molar-refractivity contribution in [2.75, 3.05) is 20.3 Å². The summed E-state index contributed by atoms with van der Waals surface area (Å²) in [7, 11) is 1.68. The summed E-state index contributed by atoms with van der Waals surface area (Å²) in [4.78, 5) is 13.5. The Hall–Kier alpha value is -0.870. The Kier molecular flexibility index (Phi) is 4.78. The molecule has 0 saturated heterocycles. The van der Waals surface area contributed by atoms with Crippen molar-refractivity contribution < 1.29 is 9.53 Å². The van der Waals surface area contributed by atoms with E-state index >= 15 is 0 Å². The highest BCUT2D eigenvalue weighted by atomic mass is 32.1. The second kappa shape index (κ2) is 6.34. The van der Waals surface area contributed by atoms with Gasteiger partial charge in [-0.15, -0.1) is 11.3 Å². The van der Waals surface area contributed by atoms with Crippen LogP contribution in [0.1, 0.15) is 40.6 Å². The van der Waals surface area contributed by atoms with Crippen LogP contribution in [0, 0.1) is 5.92 Å². The number of ether oxygens (including phenoxy) is 1. The maximum absolute atomic E-state index is 12.1. The first kappa shape index (κ1) is 13.6. The minimum atomic E-state index is 0.0816. The molecule has 1 aliphatic carbocycles. The molecule has 1 atom stereocenters. The predicted octanol–water partition coefficient (Wildman–Crippen LogP) is 2.64. The Morgan fingerprint density at radius 3 is 3.22 bits per heavy atom. The van der Waals surface area contributed by atoms with E-state index in [9.17, 15) is 4.79 Å². The van der Waals surface area contributed by atoms with Gasteiger partial charge in [0.15, 0.2) is 0 Å². The first-order valence-electron chi connectivity index (χ1n) is 6.58. The molecule has 1 aromatic heterocycles. The molecule has 1 unspecified atom stereocenters. The molecule has 1 amide bonds. The van der Waals surface area contributed by atoms with Crippen LogP contribution >= 0.6 is 11.3 Å². The van der Waals surface area contributed by atoms with Gasteiger partial charge < -0.3 is 10.1 Å². The number of nitrogens with one attached hydrogen (secondary N) is 1. The Morgan fingerprint density at radius 1 is 1.61 bits per heavy atom. The van der Waals surface area contributed by atoms with Crippen LogP contribution in [0.15, 0.2) is 5.38 Å². The predicted molar refractivity (Wildman–Crippen MR) is 74.3 cm³/mol. The van der Waals surface area contributed by atoms with Crippen LogP contribution in [0.25, 0.3) is 0 Å². The second-order valence-electron chi connectivity index (χ2n) is 5.00. The van der Waals surface area contributed by atoms with Crippen LogP contribution in [0.3, 0.4) is 0 Å². The lowest BCUT2D eigenvalue weighted by Gasteiger charge is -2.18. The number of carbonyl (C=O) groups excluding carboxylic acids is 1. The quantitative estimate of drug-likeness (QED) is 0.833. The summed E-state index contributed by atoms with van der Waals surface area (Å²) in [5, 5.41) is 4.99. The SMILES string of the molecule is COCCCNC(=O)c1csc2c1CCC(C)C2. The van der Waals surface area contributed by atoms with Crippen LogP contribution in [-0.4, -0.2) is 26.2 Å². The fraction of sp³-hybridized carbons (Fsp3) is 0.643. The second-order valence-corrected chi connectivity index (χ2v) is 5.97. The number of rotatable bonds is 5. The topological polar surface area (TPSA) is 38.3 Å². The molecular weight excluding hydrogens is 246 g/mol. The van der Waals surface area contributed by atoms with Crippen LogP contribution in [0.2, 0.25) is 0 Å². The van der Waals surface area contributed by atoms with Crippen LogP contribution < -0.4 is 5.32 Å². The Balaban J connectivity index is 1.95. The van der Waals surface area contributed by atoms with E-state index in [1.807, 2.05) is 5.38 Å². The molecule has 1 heterocycles. The third-order valence-electron chi connectivity index (χ3n) is 3.46. The van der Waals surface area contributed by atoms with Gasteiger partial charge in [-0.2, -0.15) is 0 Å². The van der Waals surface area contributed by atoms with E-state index in [0.29, 0.717) is 13.2 Å². The van der Waals surface area contributed by atoms with Gasteiger partial charge in [-0.25, -0.2) is 0 Å². The number of carbonyl (C=O) groups is 1. The van der Waals surface area contributed by atoms with Crippen molar-refractivity contribution in [3.05, 3.63) is 21.4 Å². The molecular formula is C14H21NO2S. The summed E-state index contributed by atoms with van der Waals surface area (Å²) in [6, 6.07) is 0. The van der Waals surface area contributed by atoms with Gasteiger partial charge in [0, 0.05) is 30.5 Å². The van der Waals surface area contributed by atoms with Crippen molar-refractivity contribution in [2.24, 2.45) is 5.92 Å². The first-order chi connectivity index (χ1) is 8.72. The van der Waals surface area contributed by atoms with Gasteiger partial charge >= 0.3 is 0 Å². The highest BCUT2D eigenvalue weighted by Gasteiger charge is 2.22. The highest BCUT2D eigenvalue weighted by Crippen LogP contribution is 2.32. The summed E-state index contributed by atoms with van der Waals surface area (Å²) >= 11 is 1.74. The maximum atomic E-state index is 12.1. The highest BCUT2D eigenvalue weighted by molar-refractivity contribution is 7.10. The molecule has 4 heteroatoms. The number of hydrogen-bond acceptors (Lipinski definition) is 3. The maximum Gasteiger partial charge on any atom is 0.252 e. The minimum absolute atomic E-state index is 0.0816. The monoisotopic (exact) mass is 267 g/mol. The number of fused-ring (bicyclic) bond motifs is 1. The molecule has 1 N–H and O–H groups in total. The molecule has 1 aromatic rings. The van der Waals surface area contributed by atoms with Crippen molar-refractivity contribution >= 4 is 17.2 Å². The standard InChI is InChI=1S/C14H21NO2S/c1-10-4-5-11-12(9-18-13(11)8-10)14(16)15-6-3-7-17-2/h9-10H,3-8H2,1-2H3,(H,15,16). The summed E-state index contributed by atoms with van der Waals surface area (Å²) in [5.74, 6) is 0.840. The zero-order chi connectivity index (χ0) is 13.0. The molecule has 0 saturated carbocycles. The summed E-state index contributed by atoms with van der Waals surface area (Å²) in [6.07, 6.45) is 4.26. The summed E-state index contributed by atoms with van der Waals surface area (Å²) in [6.45, 7) is 3.67. The van der Waals surface area contributed by atoms with Gasteiger partial charge in [-0.05, 0) is 37.2 Å². The van der Waals surface area contributed by atoms with Crippen molar-refractivity contribution in [3.8, 4) is 0 Å². The van der Waals surface area contributed by atoms with Gasteiger partial charge in [0.2, 0.25) is 0 Å².